The molecule has 1 unspecified atom stereocenters. The lowest BCUT2D eigenvalue weighted by atomic mass is 9.83. The lowest BCUT2D eigenvalue weighted by molar-refractivity contribution is 0.0960. The molecule has 2 N–H and O–H groups in total. The Kier molecular flexibility index (Phi) is 4.64. The monoisotopic (exact) mass is 283 g/mol. The zero-order chi connectivity index (χ0) is 13.5. The molecule has 1 aromatic rings. The fraction of sp³-hybridized carbons (Fsp3) is 0.533. The second kappa shape index (κ2) is 5.51. The fourth-order valence-corrected chi connectivity index (χ4v) is 2.29. The number of hydrogen-bond donors (Lipinski definition) is 1. The molecule has 1 atom stereocenters. The van der Waals surface area contributed by atoms with Gasteiger partial charge in [0.05, 0.1) is 18.2 Å². The molecular formula is C15H22ClNO2. The van der Waals surface area contributed by atoms with Crippen LogP contribution in [0.1, 0.15) is 48.7 Å². The van der Waals surface area contributed by atoms with Crippen molar-refractivity contribution in [1.29, 1.82) is 0 Å². The smallest absolute Gasteiger partial charge is 0.183 e. The Morgan fingerprint density at radius 3 is 2.53 bits per heavy atom. The van der Waals surface area contributed by atoms with Gasteiger partial charge in [0.15, 0.2) is 5.78 Å². The van der Waals surface area contributed by atoms with Gasteiger partial charge in [-0.1, -0.05) is 26.8 Å². The van der Waals surface area contributed by atoms with E-state index in [-0.39, 0.29) is 23.6 Å². The van der Waals surface area contributed by atoms with Crippen molar-refractivity contribution in [3.63, 3.8) is 0 Å². The van der Waals surface area contributed by atoms with Gasteiger partial charge >= 0.3 is 0 Å². The first-order valence-electron chi connectivity index (χ1n) is 6.38. The van der Waals surface area contributed by atoms with E-state index in [1.54, 1.807) is 0 Å². The highest BCUT2D eigenvalue weighted by Gasteiger charge is 2.29. The third-order valence-electron chi connectivity index (χ3n) is 3.32. The fourth-order valence-electron chi connectivity index (χ4n) is 2.29. The molecule has 1 aliphatic rings. The van der Waals surface area contributed by atoms with Crippen molar-refractivity contribution in [2.45, 2.75) is 45.6 Å². The second-order valence-corrected chi connectivity index (χ2v) is 6.05. The van der Waals surface area contributed by atoms with Gasteiger partial charge < -0.3 is 10.5 Å². The summed E-state index contributed by atoms with van der Waals surface area (Å²) in [6, 6.07) is 3.54. The maximum Gasteiger partial charge on any atom is 0.183 e. The summed E-state index contributed by atoms with van der Waals surface area (Å²) in [7, 11) is 0. The first kappa shape index (κ1) is 16.0. The first-order chi connectivity index (χ1) is 8.30. The topological polar surface area (TPSA) is 52.3 Å². The van der Waals surface area contributed by atoms with Crippen LogP contribution in [0, 0.1) is 6.92 Å². The number of carbonyl (C=O) groups is 1. The van der Waals surface area contributed by atoms with E-state index in [0.29, 0.717) is 18.6 Å². The van der Waals surface area contributed by atoms with Crippen molar-refractivity contribution in [3.8, 4) is 5.75 Å². The van der Waals surface area contributed by atoms with Crippen LogP contribution < -0.4 is 10.5 Å². The van der Waals surface area contributed by atoms with Gasteiger partial charge in [0, 0.05) is 12.0 Å². The van der Waals surface area contributed by atoms with Gasteiger partial charge in [0.25, 0.3) is 0 Å². The van der Waals surface area contributed by atoms with Gasteiger partial charge in [0.1, 0.15) is 5.75 Å². The van der Waals surface area contributed by atoms with Crippen LogP contribution in [0.2, 0.25) is 0 Å². The van der Waals surface area contributed by atoms with Crippen LogP contribution in [-0.2, 0) is 5.41 Å². The number of Topliss-reactive ketones (excluding diaryl/α,β-unsaturated/α-hetero) is 1. The van der Waals surface area contributed by atoms with Crippen LogP contribution in [0.5, 0.6) is 5.75 Å². The number of benzene rings is 1. The van der Waals surface area contributed by atoms with E-state index in [1.165, 1.54) is 0 Å². The summed E-state index contributed by atoms with van der Waals surface area (Å²) in [5.74, 6) is 0.725. The Hall–Kier alpha value is -1.06. The van der Waals surface area contributed by atoms with Gasteiger partial charge in [-0.25, -0.2) is 0 Å². The van der Waals surface area contributed by atoms with Crippen molar-refractivity contribution >= 4 is 18.2 Å². The molecule has 4 heteroatoms. The van der Waals surface area contributed by atoms with Crippen molar-refractivity contribution in [2.24, 2.45) is 5.73 Å². The standard InChI is InChI=1S/C15H21NO2.ClH/c1-9-7-10-13(17)12(16)5-6-18-14(10)11(8-9)15(2,3)4;/h7-8,12H,5-6,16H2,1-4H3;1H. The summed E-state index contributed by atoms with van der Waals surface area (Å²) in [5, 5.41) is 0. The minimum absolute atomic E-state index is 0. The largest absolute Gasteiger partial charge is 0.492 e. The molecule has 1 aromatic carbocycles. The Morgan fingerprint density at radius 1 is 1.32 bits per heavy atom. The Balaban J connectivity index is 0.00000180. The molecule has 0 saturated carbocycles. The molecule has 0 aromatic heterocycles. The van der Waals surface area contributed by atoms with Crippen molar-refractivity contribution < 1.29 is 9.53 Å². The number of halogens is 1. The lowest BCUT2D eigenvalue weighted by Crippen LogP contribution is -2.30. The zero-order valence-corrected chi connectivity index (χ0v) is 12.8. The molecule has 106 valence electrons. The molecule has 0 bridgehead atoms. The first-order valence-corrected chi connectivity index (χ1v) is 6.38. The maximum absolute atomic E-state index is 12.3. The normalized spacial score (nSPS) is 19.0. The van der Waals surface area contributed by atoms with Crippen LogP contribution in [-0.4, -0.2) is 18.4 Å². The molecule has 0 radical (unpaired) electrons. The summed E-state index contributed by atoms with van der Waals surface area (Å²) in [6.45, 7) is 8.88. The van der Waals surface area contributed by atoms with Gasteiger partial charge in [-0.15, -0.1) is 12.4 Å². The van der Waals surface area contributed by atoms with E-state index < -0.39 is 6.04 Å². The van der Waals surface area contributed by atoms with Crippen LogP contribution in [0.3, 0.4) is 0 Å². The second-order valence-electron chi connectivity index (χ2n) is 6.05. The summed E-state index contributed by atoms with van der Waals surface area (Å²) in [5.41, 5.74) is 8.62. The van der Waals surface area contributed by atoms with Gasteiger partial charge in [-0.2, -0.15) is 0 Å². The number of ether oxygens (including phenoxy) is 1. The number of carbonyl (C=O) groups excluding carboxylic acids is 1. The number of rotatable bonds is 0. The van der Waals surface area contributed by atoms with Crippen molar-refractivity contribution in [1.82, 2.24) is 0 Å². The van der Waals surface area contributed by atoms with E-state index in [4.69, 9.17) is 10.5 Å². The van der Waals surface area contributed by atoms with Crippen LogP contribution >= 0.6 is 12.4 Å². The Bertz CT molecular complexity index is 492. The van der Waals surface area contributed by atoms with Crippen LogP contribution in [0.25, 0.3) is 0 Å². The average molecular weight is 284 g/mol. The highest BCUT2D eigenvalue weighted by Crippen LogP contribution is 2.37. The lowest BCUT2D eigenvalue weighted by Gasteiger charge is -2.24. The van der Waals surface area contributed by atoms with Crippen LogP contribution in [0.15, 0.2) is 12.1 Å². The average Bonchev–Trinajstić information content (AvgIpc) is 2.39. The predicted molar refractivity (Wildman–Crippen MR) is 79.5 cm³/mol. The SMILES string of the molecule is Cc1cc2c(c(C(C)(C)C)c1)OCCC(N)C2=O.Cl. The number of hydrogen-bond acceptors (Lipinski definition) is 3. The highest BCUT2D eigenvalue weighted by molar-refractivity contribution is 6.03. The molecule has 2 rings (SSSR count). The van der Waals surface area contributed by atoms with E-state index in [0.717, 1.165) is 16.9 Å². The molecule has 0 aliphatic carbocycles. The predicted octanol–water partition coefficient (Wildman–Crippen LogP) is 3.01. The summed E-state index contributed by atoms with van der Waals surface area (Å²) in [6.07, 6.45) is 0.580. The van der Waals surface area contributed by atoms with E-state index in [1.807, 2.05) is 13.0 Å². The van der Waals surface area contributed by atoms with Gasteiger partial charge in [-0.3, -0.25) is 4.79 Å². The molecule has 1 aliphatic heterocycles. The molecular weight excluding hydrogens is 262 g/mol. The third-order valence-corrected chi connectivity index (χ3v) is 3.32. The van der Waals surface area contributed by atoms with Crippen LogP contribution in [0.4, 0.5) is 0 Å². The van der Waals surface area contributed by atoms with E-state index in [2.05, 4.69) is 26.8 Å². The molecule has 0 fully saturated rings. The summed E-state index contributed by atoms with van der Waals surface area (Å²) in [4.78, 5) is 12.3. The van der Waals surface area contributed by atoms with E-state index in [9.17, 15) is 4.79 Å². The minimum Gasteiger partial charge on any atom is -0.492 e. The number of ketones is 1. The quantitative estimate of drug-likeness (QED) is 0.796. The molecule has 3 nitrogen and oxygen atoms in total. The number of aryl methyl sites for hydroxylation is 1. The Morgan fingerprint density at radius 2 is 1.95 bits per heavy atom. The van der Waals surface area contributed by atoms with Gasteiger partial charge in [-0.05, 0) is 24.0 Å². The molecule has 0 saturated heterocycles. The minimum atomic E-state index is -0.444. The number of fused-ring (bicyclic) bond motifs is 1. The molecule has 0 amide bonds. The van der Waals surface area contributed by atoms with Crippen molar-refractivity contribution in [2.75, 3.05) is 6.61 Å². The Labute approximate surface area is 120 Å². The maximum atomic E-state index is 12.3. The summed E-state index contributed by atoms with van der Waals surface area (Å²) >= 11 is 0. The van der Waals surface area contributed by atoms with Gasteiger partial charge in [0.2, 0.25) is 0 Å². The summed E-state index contributed by atoms with van der Waals surface area (Å²) < 4.78 is 5.80. The number of nitrogens with two attached hydrogens (primary N) is 1. The molecule has 1 heterocycles. The molecule has 19 heavy (non-hydrogen) atoms. The van der Waals surface area contributed by atoms with Crippen molar-refractivity contribution in [3.05, 3.63) is 28.8 Å². The molecule has 0 spiro atoms. The third kappa shape index (κ3) is 3.10. The highest BCUT2D eigenvalue weighted by atomic mass is 35.5. The zero-order valence-electron chi connectivity index (χ0n) is 11.9. The van der Waals surface area contributed by atoms with E-state index >= 15 is 0 Å².